The molecule has 12 N–H and O–H groups in total. The first-order valence-electron chi connectivity index (χ1n) is 16.4. The van der Waals surface area contributed by atoms with E-state index in [1.807, 2.05) is 0 Å². The molecule has 0 saturated carbocycles. The van der Waals surface area contributed by atoms with Crippen molar-refractivity contribution in [3.63, 3.8) is 0 Å². The highest BCUT2D eigenvalue weighted by molar-refractivity contribution is 5.70. The summed E-state index contributed by atoms with van der Waals surface area (Å²) in [7, 11) is 1.23. The maximum absolute atomic E-state index is 11.4. The van der Waals surface area contributed by atoms with E-state index in [9.17, 15) is 61.3 Å². The fraction of sp³-hybridized carbons (Fsp3) is 0.576. The first-order valence-corrected chi connectivity index (χ1v) is 16.4. The van der Waals surface area contributed by atoms with E-state index in [1.54, 1.807) is 0 Å². The van der Waals surface area contributed by atoms with E-state index in [2.05, 4.69) is 0 Å². The highest BCUT2D eigenvalue weighted by Gasteiger charge is 2.52. The van der Waals surface area contributed by atoms with Crippen molar-refractivity contribution >= 4 is 6.08 Å². The summed E-state index contributed by atoms with van der Waals surface area (Å²) in [6.07, 6.45) is -23.0. The normalized spacial score (nSPS) is 38.7. The molecule has 0 spiro atoms. The number of phenolic OH excluding ortho intramolecular Hbond substituents is 4. The van der Waals surface area contributed by atoms with Crippen molar-refractivity contribution in [3.8, 4) is 34.5 Å². The number of fused-ring (bicyclic) bond motifs is 1. The summed E-state index contributed by atoms with van der Waals surface area (Å²) in [5.74, 6) is -2.49. The van der Waals surface area contributed by atoms with Gasteiger partial charge in [-0.1, -0.05) is 0 Å². The van der Waals surface area contributed by atoms with Crippen LogP contribution >= 0.6 is 0 Å². The summed E-state index contributed by atoms with van der Waals surface area (Å²) < 4.78 is 45.7. The summed E-state index contributed by atoms with van der Waals surface area (Å²) in [5, 5.41) is 126. The first-order chi connectivity index (χ1) is 25.1. The average molecular weight is 759 g/mol. The first kappa shape index (κ1) is 39.0. The third-order valence-electron chi connectivity index (χ3n) is 9.37. The van der Waals surface area contributed by atoms with Crippen molar-refractivity contribution in [3.05, 3.63) is 41.2 Å². The fourth-order valence-corrected chi connectivity index (χ4v) is 6.30. The molecule has 4 aliphatic heterocycles. The van der Waals surface area contributed by atoms with Crippen LogP contribution in [-0.4, -0.2) is 168 Å². The second kappa shape index (κ2) is 15.5. The monoisotopic (exact) mass is 758 g/mol. The van der Waals surface area contributed by atoms with Crippen LogP contribution in [0.5, 0.6) is 34.5 Å². The molecule has 1 unspecified atom stereocenters. The molecule has 4 aliphatic rings. The Kier molecular flexibility index (Phi) is 11.4. The van der Waals surface area contributed by atoms with Gasteiger partial charge < -0.3 is 99.2 Å². The van der Waals surface area contributed by atoms with Gasteiger partial charge in [0.15, 0.2) is 36.3 Å². The molecular formula is C33H42O20. The minimum absolute atomic E-state index is 0.000736. The van der Waals surface area contributed by atoms with Crippen LogP contribution in [0.4, 0.5) is 0 Å². The number of aromatic hydroxyl groups is 4. The Morgan fingerprint density at radius 3 is 2.17 bits per heavy atom. The molecule has 53 heavy (non-hydrogen) atoms. The summed E-state index contributed by atoms with van der Waals surface area (Å²) >= 11 is 0. The van der Waals surface area contributed by atoms with Crippen LogP contribution in [0.2, 0.25) is 0 Å². The van der Waals surface area contributed by atoms with Crippen LogP contribution in [0.1, 0.15) is 24.2 Å². The van der Waals surface area contributed by atoms with Gasteiger partial charge in [0, 0.05) is 17.7 Å². The van der Waals surface area contributed by atoms with Crippen molar-refractivity contribution in [2.75, 3.05) is 20.3 Å². The molecule has 6 rings (SSSR count). The van der Waals surface area contributed by atoms with Crippen LogP contribution in [-0.2, 0) is 28.4 Å². The number of methoxy groups -OCH3 is 1. The van der Waals surface area contributed by atoms with Gasteiger partial charge in [-0.25, -0.2) is 0 Å². The Morgan fingerprint density at radius 2 is 1.45 bits per heavy atom. The lowest BCUT2D eigenvalue weighted by molar-refractivity contribution is -0.359. The van der Waals surface area contributed by atoms with E-state index in [-0.39, 0.29) is 34.1 Å². The number of rotatable bonds is 9. The second-order valence-corrected chi connectivity index (χ2v) is 13.0. The lowest BCUT2D eigenvalue weighted by Crippen LogP contribution is -2.63. The Bertz CT molecular complexity index is 1640. The SMILES string of the molecule is COc1cc(C2Oc3cc(O)cc(O)c3C=C2O[C@@H]2O[C@@H](CO[C@@H]3O[C@@H](C)[C@H](O)[C@@H](O)[C@@H]3O)[C@@H](O)[C@H](O)[C@@H]2O[C@H]2OC[C@H](O)[C@@H](O)[C@H]2O)cc(O)c1O. The third-order valence-corrected chi connectivity index (χ3v) is 9.37. The minimum atomic E-state index is -1.94. The van der Waals surface area contributed by atoms with Gasteiger partial charge in [0.05, 0.1) is 32.0 Å². The van der Waals surface area contributed by atoms with Gasteiger partial charge in [0.2, 0.25) is 12.0 Å². The van der Waals surface area contributed by atoms with Crippen LogP contribution in [0.3, 0.4) is 0 Å². The molecule has 20 nitrogen and oxygen atoms in total. The van der Waals surface area contributed by atoms with E-state index in [0.29, 0.717) is 0 Å². The topological polar surface area (TPSA) is 317 Å². The van der Waals surface area contributed by atoms with Crippen LogP contribution in [0, 0.1) is 0 Å². The number of aliphatic hydroxyl groups excluding tert-OH is 8. The zero-order valence-electron chi connectivity index (χ0n) is 28.1. The fourth-order valence-electron chi connectivity index (χ4n) is 6.30. The van der Waals surface area contributed by atoms with E-state index in [0.717, 1.165) is 12.1 Å². The van der Waals surface area contributed by atoms with Gasteiger partial charge in [-0.2, -0.15) is 0 Å². The Hall–Kier alpha value is -3.74. The second-order valence-electron chi connectivity index (χ2n) is 13.0. The van der Waals surface area contributed by atoms with Crippen LogP contribution in [0.15, 0.2) is 30.0 Å². The molecule has 294 valence electrons. The number of hydrogen-bond acceptors (Lipinski definition) is 20. The quantitative estimate of drug-likeness (QED) is 0.114. The molecule has 20 heteroatoms. The number of ether oxygens (including phenoxy) is 8. The lowest BCUT2D eigenvalue weighted by Gasteiger charge is -2.46. The Balaban J connectivity index is 1.35. The van der Waals surface area contributed by atoms with Crippen molar-refractivity contribution in [1.29, 1.82) is 0 Å². The zero-order valence-corrected chi connectivity index (χ0v) is 28.1. The molecule has 0 radical (unpaired) electrons. The Morgan fingerprint density at radius 1 is 0.736 bits per heavy atom. The smallest absolute Gasteiger partial charge is 0.229 e. The number of hydrogen-bond donors (Lipinski definition) is 12. The average Bonchev–Trinajstić information content (AvgIpc) is 3.12. The van der Waals surface area contributed by atoms with Crippen LogP contribution in [0.25, 0.3) is 6.08 Å². The van der Waals surface area contributed by atoms with Gasteiger partial charge >= 0.3 is 0 Å². The summed E-state index contributed by atoms with van der Waals surface area (Å²) in [5.41, 5.74) is 0.0891. The van der Waals surface area contributed by atoms with Gasteiger partial charge in [-0.05, 0) is 25.1 Å². The highest BCUT2D eigenvalue weighted by Crippen LogP contribution is 2.47. The molecule has 0 bridgehead atoms. The van der Waals surface area contributed by atoms with E-state index in [1.165, 1.54) is 32.2 Å². The summed E-state index contributed by atoms with van der Waals surface area (Å²) in [6, 6.07) is 4.60. The van der Waals surface area contributed by atoms with Crippen molar-refractivity contribution in [2.24, 2.45) is 0 Å². The Labute approximate surface area is 300 Å². The molecule has 0 aromatic heterocycles. The largest absolute Gasteiger partial charge is 0.508 e. The van der Waals surface area contributed by atoms with Gasteiger partial charge in [0.25, 0.3) is 0 Å². The molecule has 3 fully saturated rings. The van der Waals surface area contributed by atoms with Gasteiger partial charge in [-0.15, -0.1) is 0 Å². The highest BCUT2D eigenvalue weighted by atomic mass is 16.8. The molecular weight excluding hydrogens is 716 g/mol. The van der Waals surface area contributed by atoms with E-state index in [4.69, 9.17) is 37.9 Å². The molecule has 0 amide bonds. The molecule has 4 heterocycles. The van der Waals surface area contributed by atoms with Crippen molar-refractivity contribution < 1.29 is 99.2 Å². The zero-order chi connectivity index (χ0) is 38.5. The summed E-state index contributed by atoms with van der Waals surface area (Å²) in [6.45, 7) is 0.308. The molecule has 3 saturated heterocycles. The number of aliphatic hydroxyl groups is 8. The van der Waals surface area contributed by atoms with E-state index < -0.39 is 123 Å². The standard InChI is InChI=1S/C33H42O20/c1-10-21(38)25(42)28(45)31(49-10)48-9-20-24(41)26(43)30(53-32-27(44)23(40)16(37)8-47-32)33(52-20)51-19-7-13-14(35)5-12(34)6-17(13)50-29(19)11-3-15(36)22(39)18(4-11)46-2/h3-7,10,16,20-21,23-45H,8-9H2,1-2H3/t10-,16-,20-,21-,23+,24+,25+,26-,27+,28-,29?,30-,31+,32+,33+/m0/s1. The molecule has 15 atom stereocenters. The predicted octanol–water partition coefficient (Wildman–Crippen LogP) is -2.88. The lowest BCUT2D eigenvalue weighted by atomic mass is 9.97. The molecule has 0 aliphatic carbocycles. The predicted molar refractivity (Wildman–Crippen MR) is 170 cm³/mol. The van der Waals surface area contributed by atoms with E-state index >= 15 is 0 Å². The van der Waals surface area contributed by atoms with Gasteiger partial charge in [-0.3, -0.25) is 0 Å². The number of phenols is 4. The summed E-state index contributed by atoms with van der Waals surface area (Å²) in [4.78, 5) is 0. The van der Waals surface area contributed by atoms with Crippen LogP contribution < -0.4 is 9.47 Å². The minimum Gasteiger partial charge on any atom is -0.508 e. The number of benzene rings is 2. The molecule has 2 aromatic rings. The molecule has 2 aromatic carbocycles. The third kappa shape index (κ3) is 7.64. The maximum Gasteiger partial charge on any atom is 0.229 e. The van der Waals surface area contributed by atoms with Crippen molar-refractivity contribution in [1.82, 2.24) is 0 Å². The maximum atomic E-state index is 11.4. The van der Waals surface area contributed by atoms with Gasteiger partial charge in [0.1, 0.15) is 77.9 Å². The van der Waals surface area contributed by atoms with Crippen molar-refractivity contribution in [2.45, 2.75) is 99.0 Å².